The van der Waals surface area contributed by atoms with E-state index in [-0.39, 0.29) is 6.10 Å². The second-order valence-corrected chi connectivity index (χ2v) is 8.03. The molecular weight excluding hydrogens is 336 g/mol. The Labute approximate surface area is 147 Å². The Hall–Kier alpha value is -2.60. The lowest BCUT2D eigenvalue weighted by atomic mass is 10.1. The summed E-state index contributed by atoms with van der Waals surface area (Å²) in [5.41, 5.74) is 1.67. The van der Waals surface area contributed by atoms with Crippen molar-refractivity contribution in [2.45, 2.75) is 17.9 Å². The van der Waals surface area contributed by atoms with E-state index < -0.39 is 9.73 Å². The highest BCUT2D eigenvalue weighted by Crippen LogP contribution is 2.31. The molecule has 0 radical (unpaired) electrons. The van der Waals surface area contributed by atoms with E-state index in [0.717, 1.165) is 22.2 Å². The Kier molecular flexibility index (Phi) is 4.63. The van der Waals surface area contributed by atoms with Gasteiger partial charge in [0.15, 0.2) is 0 Å². The average molecular weight is 356 g/mol. The molecule has 2 atom stereocenters. The largest absolute Gasteiger partial charge is 0.497 e. The lowest BCUT2D eigenvalue weighted by molar-refractivity contribution is 0.229. The third kappa shape index (κ3) is 3.74. The molecule has 1 heterocycles. The lowest BCUT2D eigenvalue weighted by Gasteiger charge is -2.17. The minimum Gasteiger partial charge on any atom is -0.497 e. The molecule has 0 amide bonds. The highest BCUT2D eigenvalue weighted by atomic mass is 32.2. The van der Waals surface area contributed by atoms with Crippen LogP contribution < -0.4 is 9.47 Å². The Morgan fingerprint density at radius 2 is 1.96 bits per heavy atom. The van der Waals surface area contributed by atoms with E-state index >= 15 is 0 Å². The number of pyridine rings is 1. The van der Waals surface area contributed by atoms with Crippen LogP contribution >= 0.6 is 0 Å². The molecule has 1 unspecified atom stereocenters. The lowest BCUT2D eigenvalue weighted by Crippen LogP contribution is -2.05. The highest BCUT2D eigenvalue weighted by Gasteiger charge is 2.13. The monoisotopic (exact) mass is 356 g/mol. The number of methoxy groups -OCH3 is 1. The fourth-order valence-electron chi connectivity index (χ4n) is 2.60. The predicted octanol–water partition coefficient (Wildman–Crippen LogP) is 4.42. The van der Waals surface area contributed by atoms with Gasteiger partial charge in [-0.25, -0.2) is 8.99 Å². The Balaban J connectivity index is 1.93. The van der Waals surface area contributed by atoms with Gasteiger partial charge < -0.3 is 9.47 Å². The molecule has 0 saturated carbocycles. The van der Waals surface area contributed by atoms with Gasteiger partial charge in [0.1, 0.15) is 17.6 Å². The molecule has 5 nitrogen and oxygen atoms in total. The number of nitrogens with one attached hydrogen (secondary N) is 1. The van der Waals surface area contributed by atoms with Crippen molar-refractivity contribution >= 4 is 20.6 Å². The molecule has 0 aliphatic carbocycles. The number of nitrogens with zero attached hydrogens (tertiary/aromatic N) is 1. The zero-order chi connectivity index (χ0) is 18.0. The van der Waals surface area contributed by atoms with Crippen LogP contribution in [0.2, 0.25) is 0 Å². The van der Waals surface area contributed by atoms with E-state index in [9.17, 15) is 4.21 Å². The average Bonchev–Trinajstić information content (AvgIpc) is 2.61. The quantitative estimate of drug-likeness (QED) is 0.734. The van der Waals surface area contributed by atoms with Gasteiger partial charge in [-0.15, -0.1) is 0 Å². The van der Waals surface area contributed by atoms with Crippen molar-refractivity contribution in [2.75, 3.05) is 13.4 Å². The molecule has 25 heavy (non-hydrogen) atoms. The van der Waals surface area contributed by atoms with Crippen LogP contribution in [0.25, 0.3) is 10.9 Å². The first-order chi connectivity index (χ1) is 11.9. The van der Waals surface area contributed by atoms with Crippen LogP contribution in [-0.4, -0.2) is 22.6 Å². The minimum absolute atomic E-state index is 0.255. The van der Waals surface area contributed by atoms with Crippen LogP contribution in [0.15, 0.2) is 59.6 Å². The normalized spacial score (nSPS) is 14.7. The maximum absolute atomic E-state index is 12.0. The minimum atomic E-state index is -2.75. The SMILES string of the molecule is COc1ccc2c(O[C@@H](C)c3cccc(S(C)(=N)=O)c3)ccnc2c1. The molecule has 130 valence electrons. The molecular formula is C19H20N2O3S. The number of fused-ring (bicyclic) bond motifs is 1. The number of aromatic nitrogens is 1. The van der Waals surface area contributed by atoms with Gasteiger partial charge in [0.2, 0.25) is 0 Å². The molecule has 0 aliphatic rings. The van der Waals surface area contributed by atoms with Crippen molar-refractivity contribution in [1.29, 1.82) is 4.78 Å². The number of rotatable bonds is 5. The van der Waals surface area contributed by atoms with Gasteiger partial charge in [-0.3, -0.25) is 4.98 Å². The maximum atomic E-state index is 12.0. The number of hydrogen-bond donors (Lipinski definition) is 1. The van der Waals surface area contributed by atoms with Crippen LogP contribution in [0.1, 0.15) is 18.6 Å². The van der Waals surface area contributed by atoms with Crippen LogP contribution in [0.5, 0.6) is 11.5 Å². The van der Waals surface area contributed by atoms with Crippen LogP contribution in [0, 0.1) is 4.78 Å². The molecule has 1 N–H and O–H groups in total. The van der Waals surface area contributed by atoms with Crippen molar-refractivity contribution in [3.8, 4) is 11.5 Å². The van der Waals surface area contributed by atoms with E-state index in [1.807, 2.05) is 37.3 Å². The molecule has 3 aromatic rings. The number of ether oxygens (including phenoxy) is 2. The van der Waals surface area contributed by atoms with Gasteiger partial charge >= 0.3 is 0 Å². The first-order valence-corrected chi connectivity index (χ1v) is 9.78. The fraction of sp³-hybridized carbons (Fsp3) is 0.211. The summed E-state index contributed by atoms with van der Waals surface area (Å²) in [5, 5.41) is 0.895. The molecule has 0 bridgehead atoms. The third-order valence-corrected chi connectivity index (χ3v) is 5.14. The van der Waals surface area contributed by atoms with E-state index in [0.29, 0.717) is 10.6 Å². The Morgan fingerprint density at radius 1 is 1.16 bits per heavy atom. The zero-order valence-corrected chi connectivity index (χ0v) is 15.2. The molecule has 1 aromatic heterocycles. The summed E-state index contributed by atoms with van der Waals surface area (Å²) in [7, 11) is -1.13. The Morgan fingerprint density at radius 3 is 2.68 bits per heavy atom. The van der Waals surface area contributed by atoms with Crippen molar-refractivity contribution in [3.63, 3.8) is 0 Å². The first kappa shape index (κ1) is 17.2. The molecule has 2 aromatic carbocycles. The summed E-state index contributed by atoms with van der Waals surface area (Å²) < 4.78 is 31.1. The molecule has 3 rings (SSSR count). The van der Waals surface area contributed by atoms with Gasteiger partial charge in [0, 0.05) is 28.8 Å². The second-order valence-electron chi connectivity index (χ2n) is 5.87. The van der Waals surface area contributed by atoms with E-state index in [4.69, 9.17) is 14.3 Å². The number of hydrogen-bond acceptors (Lipinski definition) is 5. The van der Waals surface area contributed by atoms with E-state index in [1.54, 1.807) is 31.5 Å². The van der Waals surface area contributed by atoms with Gasteiger partial charge in [0.05, 0.1) is 22.4 Å². The van der Waals surface area contributed by atoms with Gasteiger partial charge in [-0.2, -0.15) is 0 Å². The van der Waals surface area contributed by atoms with Crippen molar-refractivity contribution in [2.24, 2.45) is 0 Å². The second kappa shape index (κ2) is 6.72. The number of benzene rings is 2. The zero-order valence-electron chi connectivity index (χ0n) is 14.4. The summed E-state index contributed by atoms with van der Waals surface area (Å²) in [5.74, 6) is 1.46. The molecule has 0 saturated heterocycles. The van der Waals surface area contributed by atoms with E-state index in [1.165, 1.54) is 6.26 Å². The fourth-order valence-corrected chi connectivity index (χ4v) is 3.30. The Bertz CT molecular complexity index is 1020. The molecule has 0 fully saturated rings. The summed E-state index contributed by atoms with van der Waals surface area (Å²) in [4.78, 5) is 4.86. The molecule has 0 spiro atoms. The summed E-state index contributed by atoms with van der Waals surface area (Å²) in [6.07, 6.45) is 2.86. The molecule has 6 heteroatoms. The van der Waals surface area contributed by atoms with Crippen molar-refractivity contribution in [3.05, 3.63) is 60.3 Å². The summed E-state index contributed by atoms with van der Waals surface area (Å²) in [6.45, 7) is 1.93. The standard InChI is InChI=1S/C19H20N2O3S/c1-13(14-5-4-6-16(11-14)25(3,20)22)24-19-9-10-21-18-12-15(23-2)7-8-17(18)19/h4-13,20H,1-3H3/t13-,25?/m0/s1. The van der Waals surface area contributed by atoms with Crippen LogP contribution in [0.3, 0.4) is 0 Å². The highest BCUT2D eigenvalue weighted by molar-refractivity contribution is 7.91. The van der Waals surface area contributed by atoms with Gasteiger partial charge in [-0.05, 0) is 42.8 Å². The van der Waals surface area contributed by atoms with Crippen molar-refractivity contribution in [1.82, 2.24) is 4.98 Å². The van der Waals surface area contributed by atoms with E-state index in [2.05, 4.69) is 4.98 Å². The predicted molar refractivity (Wildman–Crippen MR) is 98.8 cm³/mol. The smallest absolute Gasteiger partial charge is 0.131 e. The van der Waals surface area contributed by atoms with Crippen LogP contribution in [-0.2, 0) is 9.73 Å². The third-order valence-electron chi connectivity index (χ3n) is 3.99. The maximum Gasteiger partial charge on any atom is 0.131 e. The topological polar surface area (TPSA) is 72.3 Å². The summed E-state index contributed by atoms with van der Waals surface area (Å²) >= 11 is 0. The molecule has 0 aliphatic heterocycles. The van der Waals surface area contributed by atoms with Crippen LogP contribution in [0.4, 0.5) is 0 Å². The summed E-state index contributed by atoms with van der Waals surface area (Å²) in [6, 6.07) is 14.7. The van der Waals surface area contributed by atoms with Gasteiger partial charge in [-0.1, -0.05) is 12.1 Å². The van der Waals surface area contributed by atoms with Gasteiger partial charge in [0.25, 0.3) is 0 Å². The van der Waals surface area contributed by atoms with Crippen molar-refractivity contribution < 1.29 is 13.7 Å². The first-order valence-electron chi connectivity index (χ1n) is 7.81.